The molecule has 2 aromatic carbocycles. The fourth-order valence-corrected chi connectivity index (χ4v) is 4.12. The van der Waals surface area contributed by atoms with E-state index in [1.807, 2.05) is 6.07 Å². The minimum atomic E-state index is -4.59. The van der Waals surface area contributed by atoms with E-state index in [1.54, 1.807) is 24.3 Å². The van der Waals surface area contributed by atoms with Crippen LogP contribution in [-0.2, 0) is 16.5 Å². The molecule has 0 aliphatic carbocycles. The average Bonchev–Trinajstić information content (AvgIpc) is 2.66. The molecule has 0 fully saturated rings. The van der Waals surface area contributed by atoms with E-state index in [-0.39, 0.29) is 62.7 Å². The van der Waals surface area contributed by atoms with Crippen molar-refractivity contribution in [2.75, 3.05) is 0 Å². The van der Waals surface area contributed by atoms with Gasteiger partial charge in [0.15, 0.2) is 0 Å². The maximum atomic E-state index is 12.3. The van der Waals surface area contributed by atoms with Gasteiger partial charge in [-0.15, -0.1) is 5.75 Å². The van der Waals surface area contributed by atoms with Crippen LogP contribution < -0.4 is 61.2 Å². The summed E-state index contributed by atoms with van der Waals surface area (Å²) in [5.74, 6) is 0.0166. The van der Waals surface area contributed by atoms with Crippen LogP contribution >= 0.6 is 0 Å². The topological polar surface area (TPSA) is 86.7 Å². The first-order chi connectivity index (χ1) is 13.4. The first kappa shape index (κ1) is 26.6. The molecular weight excluding hydrogens is 415 g/mol. The molecule has 154 valence electrons. The standard InChI is InChI=1S/C22H30O5S.K/c1-2-3-4-5-6-7-8-12-15-19-20(23)16-17-21(22(19)28(24,25)26)27-18-13-10-9-11-14-18;/h9-11,13-14,16-17,23H,2-8,12,15H2,1H3,(H,24,25,26);/q;+1/p-1. The Morgan fingerprint density at radius 2 is 1.48 bits per heavy atom. The van der Waals surface area contributed by atoms with E-state index in [2.05, 4.69) is 6.92 Å². The second-order valence-corrected chi connectivity index (χ2v) is 8.34. The molecule has 0 spiro atoms. The zero-order chi connectivity index (χ0) is 20.4. The summed E-state index contributed by atoms with van der Waals surface area (Å²) >= 11 is 0. The first-order valence-electron chi connectivity index (χ1n) is 9.96. The summed E-state index contributed by atoms with van der Waals surface area (Å²) in [6, 6.07) is 11.3. The molecule has 2 rings (SSSR count). The van der Waals surface area contributed by atoms with Crippen molar-refractivity contribution < 1.29 is 74.2 Å². The van der Waals surface area contributed by atoms with Gasteiger partial charge < -0.3 is 9.84 Å². The van der Waals surface area contributed by atoms with Crippen molar-refractivity contribution in [1.29, 1.82) is 0 Å². The van der Waals surface area contributed by atoms with E-state index in [0.29, 0.717) is 18.6 Å². The zero-order valence-corrected chi connectivity index (χ0v) is 21.3. The molecule has 0 aromatic heterocycles. The van der Waals surface area contributed by atoms with Crippen LogP contribution in [0.3, 0.4) is 0 Å². The molecule has 0 bridgehead atoms. The number of unbranched alkanes of at least 4 members (excludes halogenated alkanes) is 7. The Labute approximate surface area is 217 Å². The number of hydrogen-bond acceptors (Lipinski definition) is 4. The smallest absolute Gasteiger partial charge is 0.872 e. The molecular formula is C22H29KO5S. The van der Waals surface area contributed by atoms with Gasteiger partial charge in [0, 0.05) is 0 Å². The van der Waals surface area contributed by atoms with Crippen LogP contribution in [0.25, 0.3) is 0 Å². The minimum absolute atomic E-state index is 0. The SMILES string of the molecule is CCCCCCCCCCc1c([O-])ccc(Oc2ccccc2)c1S(=O)(=O)O.[K+]. The van der Waals surface area contributed by atoms with Gasteiger partial charge in [0.05, 0.1) is 0 Å². The van der Waals surface area contributed by atoms with Crippen molar-refractivity contribution in [1.82, 2.24) is 0 Å². The van der Waals surface area contributed by atoms with Gasteiger partial charge in [-0.05, 0) is 36.6 Å². The molecule has 0 radical (unpaired) electrons. The first-order valence-corrected chi connectivity index (χ1v) is 11.4. The number of hydrogen-bond donors (Lipinski definition) is 1. The van der Waals surface area contributed by atoms with E-state index in [9.17, 15) is 18.1 Å². The summed E-state index contributed by atoms with van der Waals surface area (Å²) in [4.78, 5) is -0.410. The van der Waals surface area contributed by atoms with Crippen LogP contribution in [-0.4, -0.2) is 13.0 Å². The summed E-state index contributed by atoms with van der Waals surface area (Å²) in [5.41, 5.74) is 0.0990. The third-order valence-corrected chi connectivity index (χ3v) is 5.65. The van der Waals surface area contributed by atoms with Crippen LogP contribution in [0.1, 0.15) is 63.9 Å². The average molecular weight is 445 g/mol. The van der Waals surface area contributed by atoms with Crippen LogP contribution in [0.4, 0.5) is 0 Å². The van der Waals surface area contributed by atoms with Gasteiger partial charge in [-0.2, -0.15) is 8.42 Å². The van der Waals surface area contributed by atoms with Gasteiger partial charge in [-0.1, -0.05) is 76.1 Å². The molecule has 29 heavy (non-hydrogen) atoms. The predicted octanol–water partition coefficient (Wildman–Crippen LogP) is 2.49. The maximum absolute atomic E-state index is 12.3. The summed E-state index contributed by atoms with van der Waals surface area (Å²) in [6.07, 6.45) is 9.03. The van der Waals surface area contributed by atoms with Crippen molar-refractivity contribution >= 4 is 10.1 Å². The molecule has 0 atom stereocenters. The summed E-state index contributed by atoms with van der Waals surface area (Å²) in [5, 5.41) is 12.3. The Morgan fingerprint density at radius 3 is 2.07 bits per heavy atom. The van der Waals surface area contributed by atoms with Gasteiger partial charge in [0.1, 0.15) is 16.4 Å². The minimum Gasteiger partial charge on any atom is -0.872 e. The third-order valence-electron chi connectivity index (χ3n) is 4.69. The second-order valence-electron chi connectivity index (χ2n) is 6.98. The number of para-hydroxylation sites is 1. The molecule has 2 aromatic rings. The Hall–Kier alpha value is -0.414. The van der Waals surface area contributed by atoms with E-state index >= 15 is 0 Å². The van der Waals surface area contributed by atoms with Crippen LogP contribution in [0, 0.1) is 0 Å². The van der Waals surface area contributed by atoms with Gasteiger partial charge in [-0.25, -0.2) is 0 Å². The predicted molar refractivity (Wildman–Crippen MR) is 109 cm³/mol. The summed E-state index contributed by atoms with van der Waals surface area (Å²) in [7, 11) is -4.59. The molecule has 0 aliphatic rings. The fourth-order valence-electron chi connectivity index (χ4n) is 3.24. The van der Waals surface area contributed by atoms with Gasteiger partial charge in [-0.3, -0.25) is 4.55 Å². The normalized spacial score (nSPS) is 11.1. The molecule has 0 unspecified atom stereocenters. The van der Waals surface area contributed by atoms with Crippen LogP contribution in [0.5, 0.6) is 17.2 Å². The quantitative estimate of drug-likeness (QED) is 0.309. The number of benzene rings is 2. The molecule has 0 saturated carbocycles. The second kappa shape index (κ2) is 13.8. The Balaban J connectivity index is 0.00000420. The van der Waals surface area contributed by atoms with E-state index in [0.717, 1.165) is 19.3 Å². The largest absolute Gasteiger partial charge is 1.00 e. The number of ether oxygens (including phenoxy) is 1. The van der Waals surface area contributed by atoms with Crippen molar-refractivity contribution in [2.45, 2.75) is 69.6 Å². The Kier molecular flexibility index (Phi) is 12.7. The Bertz CT molecular complexity index is 838. The van der Waals surface area contributed by atoms with Gasteiger partial charge >= 0.3 is 51.4 Å². The molecule has 1 N–H and O–H groups in total. The van der Waals surface area contributed by atoms with E-state index in [4.69, 9.17) is 4.74 Å². The zero-order valence-electron chi connectivity index (χ0n) is 17.4. The van der Waals surface area contributed by atoms with Gasteiger partial charge in [0.25, 0.3) is 10.1 Å². The fraction of sp³-hybridized carbons (Fsp3) is 0.455. The molecule has 0 heterocycles. The number of rotatable bonds is 12. The summed E-state index contributed by atoms with van der Waals surface area (Å²) in [6.45, 7) is 2.18. The molecule has 0 amide bonds. The van der Waals surface area contributed by atoms with Crippen molar-refractivity contribution in [3.63, 3.8) is 0 Å². The van der Waals surface area contributed by atoms with E-state index < -0.39 is 20.8 Å². The van der Waals surface area contributed by atoms with Crippen LogP contribution in [0.2, 0.25) is 0 Å². The molecule has 7 heteroatoms. The molecule has 0 saturated heterocycles. The maximum Gasteiger partial charge on any atom is 1.00 e. The van der Waals surface area contributed by atoms with E-state index in [1.165, 1.54) is 37.8 Å². The molecule has 0 aliphatic heterocycles. The van der Waals surface area contributed by atoms with Crippen molar-refractivity contribution in [3.05, 3.63) is 48.0 Å². The van der Waals surface area contributed by atoms with Crippen molar-refractivity contribution in [3.8, 4) is 17.2 Å². The van der Waals surface area contributed by atoms with Gasteiger partial charge in [0.2, 0.25) is 0 Å². The monoisotopic (exact) mass is 444 g/mol. The van der Waals surface area contributed by atoms with Crippen LogP contribution in [0.15, 0.2) is 47.4 Å². The summed E-state index contributed by atoms with van der Waals surface area (Å²) < 4.78 is 39.3. The molecule has 5 nitrogen and oxygen atoms in total. The third kappa shape index (κ3) is 9.08. The Morgan fingerprint density at radius 1 is 0.897 bits per heavy atom. The van der Waals surface area contributed by atoms with Crippen molar-refractivity contribution in [2.24, 2.45) is 0 Å².